The van der Waals surface area contributed by atoms with Crippen LogP contribution in [0.25, 0.3) is 0 Å². The maximum absolute atomic E-state index is 5.88. The van der Waals surface area contributed by atoms with Gasteiger partial charge in [-0.15, -0.1) is 11.8 Å². The van der Waals surface area contributed by atoms with E-state index in [1.54, 1.807) is 0 Å². The van der Waals surface area contributed by atoms with E-state index < -0.39 is 0 Å². The largest absolute Gasteiger partial charge is 0.398 e. The highest BCUT2D eigenvalue weighted by Crippen LogP contribution is 2.28. The summed E-state index contributed by atoms with van der Waals surface area (Å²) in [5.74, 6) is 3.51. The van der Waals surface area contributed by atoms with Gasteiger partial charge in [-0.25, -0.2) is 0 Å². The van der Waals surface area contributed by atoms with Crippen molar-refractivity contribution in [1.29, 1.82) is 0 Å². The highest BCUT2D eigenvalue weighted by atomic mass is 79.9. The number of rotatable bonds is 5. The molecular formula is C10H14BrNS2. The third-order valence-corrected chi connectivity index (χ3v) is 4.40. The van der Waals surface area contributed by atoms with Crippen molar-refractivity contribution in [3.05, 3.63) is 22.7 Å². The highest BCUT2D eigenvalue weighted by molar-refractivity contribution is 9.10. The number of benzene rings is 1. The Morgan fingerprint density at radius 1 is 1.36 bits per heavy atom. The van der Waals surface area contributed by atoms with Gasteiger partial charge in [0.25, 0.3) is 0 Å². The summed E-state index contributed by atoms with van der Waals surface area (Å²) in [6, 6.07) is 6.06. The van der Waals surface area contributed by atoms with Crippen LogP contribution in [0.1, 0.15) is 6.92 Å². The summed E-state index contributed by atoms with van der Waals surface area (Å²) in [5, 5.41) is 0. The fraction of sp³-hybridized carbons (Fsp3) is 0.400. The molecule has 4 heteroatoms. The maximum Gasteiger partial charge on any atom is 0.0463 e. The van der Waals surface area contributed by atoms with Crippen molar-refractivity contribution in [2.24, 2.45) is 0 Å². The second kappa shape index (κ2) is 6.64. The smallest absolute Gasteiger partial charge is 0.0463 e. The summed E-state index contributed by atoms with van der Waals surface area (Å²) in [4.78, 5) is 1.19. The van der Waals surface area contributed by atoms with Crippen LogP contribution in [0.3, 0.4) is 0 Å². The second-order valence-corrected chi connectivity index (χ2v) is 6.17. The minimum Gasteiger partial charge on any atom is -0.398 e. The molecule has 1 aromatic carbocycles. The van der Waals surface area contributed by atoms with E-state index in [2.05, 4.69) is 28.9 Å². The number of anilines is 1. The molecule has 0 aromatic heterocycles. The number of thioether (sulfide) groups is 2. The molecule has 0 heterocycles. The van der Waals surface area contributed by atoms with Gasteiger partial charge < -0.3 is 5.73 Å². The summed E-state index contributed by atoms with van der Waals surface area (Å²) >= 11 is 7.19. The molecule has 0 aliphatic carbocycles. The summed E-state index contributed by atoms with van der Waals surface area (Å²) < 4.78 is 1.04. The summed E-state index contributed by atoms with van der Waals surface area (Å²) in [7, 11) is 0. The molecular weight excluding hydrogens is 278 g/mol. The topological polar surface area (TPSA) is 26.0 Å². The SMILES string of the molecule is CCSCCSc1ccc(Br)cc1N. The zero-order valence-corrected chi connectivity index (χ0v) is 11.3. The van der Waals surface area contributed by atoms with Crippen LogP contribution in [0.15, 0.2) is 27.6 Å². The van der Waals surface area contributed by atoms with Crippen molar-refractivity contribution in [2.75, 3.05) is 23.0 Å². The monoisotopic (exact) mass is 291 g/mol. The van der Waals surface area contributed by atoms with Crippen molar-refractivity contribution in [3.8, 4) is 0 Å². The standard InChI is InChI=1S/C10H14BrNS2/c1-2-13-5-6-14-10-4-3-8(11)7-9(10)12/h3-4,7H,2,5-6,12H2,1H3. The second-order valence-electron chi connectivity index (χ2n) is 2.73. The number of hydrogen-bond donors (Lipinski definition) is 1. The Kier molecular flexibility index (Phi) is 5.82. The molecule has 2 N–H and O–H groups in total. The number of hydrogen-bond acceptors (Lipinski definition) is 3. The molecule has 0 unspecified atom stereocenters. The van der Waals surface area contributed by atoms with Gasteiger partial charge >= 0.3 is 0 Å². The first-order valence-corrected chi connectivity index (χ1v) is 7.43. The highest BCUT2D eigenvalue weighted by Gasteiger charge is 1.99. The Hall–Kier alpha value is 0.200. The number of nitrogens with two attached hydrogens (primary N) is 1. The lowest BCUT2D eigenvalue weighted by Crippen LogP contribution is -1.90. The first-order valence-electron chi connectivity index (χ1n) is 4.49. The molecule has 0 saturated carbocycles. The first-order chi connectivity index (χ1) is 6.74. The number of halogens is 1. The summed E-state index contributed by atoms with van der Waals surface area (Å²) in [5.41, 5.74) is 6.75. The lowest BCUT2D eigenvalue weighted by atomic mass is 10.3. The lowest BCUT2D eigenvalue weighted by molar-refractivity contribution is 1.42. The van der Waals surface area contributed by atoms with Crippen molar-refractivity contribution in [2.45, 2.75) is 11.8 Å². The average Bonchev–Trinajstić information content (AvgIpc) is 2.15. The lowest BCUT2D eigenvalue weighted by Gasteiger charge is -2.05. The van der Waals surface area contributed by atoms with Gasteiger partial charge in [0.2, 0.25) is 0 Å². The van der Waals surface area contributed by atoms with Crippen molar-refractivity contribution < 1.29 is 0 Å². The van der Waals surface area contributed by atoms with Gasteiger partial charge in [0, 0.05) is 26.6 Å². The van der Waals surface area contributed by atoms with E-state index in [0.717, 1.165) is 15.9 Å². The molecule has 0 amide bonds. The minimum absolute atomic E-state index is 0.867. The van der Waals surface area contributed by atoms with Gasteiger partial charge in [0.15, 0.2) is 0 Å². The van der Waals surface area contributed by atoms with Crippen molar-refractivity contribution in [1.82, 2.24) is 0 Å². The molecule has 14 heavy (non-hydrogen) atoms. The van der Waals surface area contributed by atoms with Crippen LogP contribution in [0.5, 0.6) is 0 Å². The van der Waals surface area contributed by atoms with Gasteiger partial charge in [0.1, 0.15) is 0 Å². The molecule has 78 valence electrons. The van der Waals surface area contributed by atoms with Gasteiger partial charge in [-0.2, -0.15) is 11.8 Å². The molecule has 0 fully saturated rings. The summed E-state index contributed by atoms with van der Waals surface area (Å²) in [6.07, 6.45) is 0. The Balaban J connectivity index is 2.42. The van der Waals surface area contributed by atoms with Crippen molar-refractivity contribution >= 4 is 45.1 Å². The first kappa shape index (κ1) is 12.3. The van der Waals surface area contributed by atoms with E-state index >= 15 is 0 Å². The van der Waals surface area contributed by atoms with Crippen LogP contribution < -0.4 is 5.73 Å². The fourth-order valence-electron chi connectivity index (χ4n) is 1.01. The van der Waals surface area contributed by atoms with Gasteiger partial charge in [-0.1, -0.05) is 22.9 Å². The van der Waals surface area contributed by atoms with E-state index in [0.29, 0.717) is 0 Å². The Morgan fingerprint density at radius 3 is 2.79 bits per heavy atom. The van der Waals surface area contributed by atoms with Crippen LogP contribution in [-0.4, -0.2) is 17.3 Å². The molecule has 0 spiro atoms. The van der Waals surface area contributed by atoms with Crippen LogP contribution in [0.4, 0.5) is 5.69 Å². The predicted octanol–water partition coefficient (Wildman–Crippen LogP) is 3.88. The molecule has 0 saturated heterocycles. The van der Waals surface area contributed by atoms with Gasteiger partial charge in [-0.3, -0.25) is 0 Å². The average molecular weight is 292 g/mol. The number of nitrogen functional groups attached to an aromatic ring is 1. The van der Waals surface area contributed by atoms with E-state index in [4.69, 9.17) is 5.73 Å². The summed E-state index contributed by atoms with van der Waals surface area (Å²) in [6.45, 7) is 2.18. The van der Waals surface area contributed by atoms with E-state index in [1.165, 1.54) is 16.4 Å². The fourth-order valence-corrected chi connectivity index (χ4v) is 3.09. The molecule has 0 aliphatic heterocycles. The molecule has 1 nitrogen and oxygen atoms in total. The third kappa shape index (κ3) is 4.15. The van der Waals surface area contributed by atoms with E-state index in [9.17, 15) is 0 Å². The van der Waals surface area contributed by atoms with Crippen LogP contribution in [0.2, 0.25) is 0 Å². The quantitative estimate of drug-likeness (QED) is 0.507. The van der Waals surface area contributed by atoms with Gasteiger partial charge in [0.05, 0.1) is 0 Å². The Bertz CT molecular complexity index is 291. The van der Waals surface area contributed by atoms with Crippen LogP contribution in [-0.2, 0) is 0 Å². The zero-order valence-electron chi connectivity index (χ0n) is 8.13. The minimum atomic E-state index is 0.867. The van der Waals surface area contributed by atoms with Crippen molar-refractivity contribution in [3.63, 3.8) is 0 Å². The molecule has 1 aromatic rings. The molecule has 0 atom stereocenters. The maximum atomic E-state index is 5.88. The van der Waals surface area contributed by atoms with Crippen LogP contribution in [0, 0.1) is 0 Å². The third-order valence-electron chi connectivity index (χ3n) is 1.66. The van der Waals surface area contributed by atoms with Crippen LogP contribution >= 0.6 is 39.5 Å². The van der Waals surface area contributed by atoms with E-state index in [1.807, 2.05) is 35.7 Å². The molecule has 0 aliphatic rings. The molecule has 0 radical (unpaired) electrons. The zero-order chi connectivity index (χ0) is 10.4. The van der Waals surface area contributed by atoms with Gasteiger partial charge in [-0.05, 0) is 24.0 Å². The molecule has 1 rings (SSSR count). The molecule has 0 bridgehead atoms. The normalized spacial score (nSPS) is 10.4. The van der Waals surface area contributed by atoms with E-state index in [-0.39, 0.29) is 0 Å². The predicted molar refractivity (Wildman–Crippen MR) is 72.3 cm³/mol. The Morgan fingerprint density at radius 2 is 2.14 bits per heavy atom. The Labute approximate surface area is 102 Å².